The molecule has 0 aromatic rings. The molecule has 1 rings (SSSR count). The van der Waals surface area contributed by atoms with Gasteiger partial charge in [-0.2, -0.15) is 4.31 Å². The Hall–Kier alpha value is -0.130. The van der Waals surface area contributed by atoms with Crippen molar-refractivity contribution in [1.82, 2.24) is 4.31 Å². The molecule has 0 aromatic heterocycles. The summed E-state index contributed by atoms with van der Waals surface area (Å²) in [5.41, 5.74) is 0. The summed E-state index contributed by atoms with van der Waals surface area (Å²) in [6, 6.07) is 0.0414. The highest BCUT2D eigenvalue weighted by molar-refractivity contribution is 7.89. The quantitative estimate of drug-likeness (QED) is 0.658. The zero-order valence-corrected chi connectivity index (χ0v) is 11.0. The molecule has 0 spiro atoms. The molecular weight excluding hydrogens is 226 g/mol. The van der Waals surface area contributed by atoms with E-state index in [0.717, 1.165) is 12.8 Å². The Bertz CT molecular complexity index is 296. The maximum absolute atomic E-state index is 12.1. The molecule has 16 heavy (non-hydrogen) atoms. The summed E-state index contributed by atoms with van der Waals surface area (Å²) >= 11 is 0. The van der Waals surface area contributed by atoms with Gasteiger partial charge in [-0.05, 0) is 45.4 Å². The molecule has 1 saturated carbocycles. The van der Waals surface area contributed by atoms with E-state index < -0.39 is 10.0 Å². The Balaban J connectivity index is 2.52. The van der Waals surface area contributed by atoms with E-state index in [0.29, 0.717) is 25.3 Å². The molecule has 0 aliphatic heterocycles. The minimum Gasteiger partial charge on any atom is -0.396 e. The molecular formula is C11H23NO3S. The summed E-state index contributed by atoms with van der Waals surface area (Å²) in [5, 5.41) is 8.66. The van der Waals surface area contributed by atoms with Crippen molar-refractivity contribution in [3.63, 3.8) is 0 Å². The largest absolute Gasteiger partial charge is 0.396 e. The lowest BCUT2D eigenvalue weighted by Gasteiger charge is -2.25. The lowest BCUT2D eigenvalue weighted by Crippen LogP contribution is -2.39. The van der Waals surface area contributed by atoms with Crippen LogP contribution in [0.15, 0.2) is 0 Å². The van der Waals surface area contributed by atoms with Crippen molar-refractivity contribution < 1.29 is 13.5 Å². The summed E-state index contributed by atoms with van der Waals surface area (Å²) < 4.78 is 25.7. The average molecular weight is 249 g/mol. The van der Waals surface area contributed by atoms with Crippen LogP contribution in [0.2, 0.25) is 0 Å². The SMILES string of the molecule is CC(C)N(CC1CC1)S(=O)(=O)CCCCO. The van der Waals surface area contributed by atoms with Gasteiger partial charge in [0.2, 0.25) is 10.0 Å². The number of sulfonamides is 1. The number of unbranched alkanes of at least 4 members (excludes halogenated alkanes) is 1. The monoisotopic (exact) mass is 249 g/mol. The van der Waals surface area contributed by atoms with Crippen LogP contribution in [0.3, 0.4) is 0 Å². The van der Waals surface area contributed by atoms with E-state index in [-0.39, 0.29) is 18.4 Å². The second kappa shape index (κ2) is 5.98. The topological polar surface area (TPSA) is 57.6 Å². The first-order chi connectivity index (χ1) is 7.47. The van der Waals surface area contributed by atoms with Gasteiger partial charge in [0.1, 0.15) is 0 Å². The van der Waals surface area contributed by atoms with E-state index in [1.165, 1.54) is 0 Å². The fraction of sp³-hybridized carbons (Fsp3) is 1.00. The molecule has 0 amide bonds. The van der Waals surface area contributed by atoms with Gasteiger partial charge in [-0.15, -0.1) is 0 Å². The molecule has 5 heteroatoms. The predicted octanol–water partition coefficient (Wildman–Crippen LogP) is 1.21. The van der Waals surface area contributed by atoms with Gasteiger partial charge in [0.15, 0.2) is 0 Å². The second-order valence-electron chi connectivity index (χ2n) is 4.85. The van der Waals surface area contributed by atoms with Crippen LogP contribution in [0, 0.1) is 5.92 Å². The van der Waals surface area contributed by atoms with Crippen LogP contribution in [0.4, 0.5) is 0 Å². The standard InChI is InChI=1S/C11H23NO3S/c1-10(2)12(9-11-5-6-11)16(14,15)8-4-3-7-13/h10-11,13H,3-9H2,1-2H3. The molecule has 0 atom stereocenters. The lowest BCUT2D eigenvalue weighted by molar-refractivity contribution is 0.286. The van der Waals surface area contributed by atoms with Crippen molar-refractivity contribution in [3.05, 3.63) is 0 Å². The molecule has 4 nitrogen and oxygen atoms in total. The van der Waals surface area contributed by atoms with E-state index in [1.54, 1.807) is 4.31 Å². The maximum Gasteiger partial charge on any atom is 0.214 e. The lowest BCUT2D eigenvalue weighted by atomic mass is 10.3. The highest BCUT2D eigenvalue weighted by atomic mass is 32.2. The van der Waals surface area contributed by atoms with Gasteiger partial charge in [0, 0.05) is 19.2 Å². The third-order valence-electron chi connectivity index (χ3n) is 2.88. The molecule has 0 aromatic carbocycles. The fourth-order valence-corrected chi connectivity index (χ4v) is 3.60. The van der Waals surface area contributed by atoms with Crippen molar-refractivity contribution in [3.8, 4) is 0 Å². The summed E-state index contributed by atoms with van der Waals surface area (Å²) in [5.74, 6) is 0.744. The summed E-state index contributed by atoms with van der Waals surface area (Å²) in [6.07, 6.45) is 3.44. The predicted molar refractivity (Wildman–Crippen MR) is 64.7 cm³/mol. The Kier molecular flexibility index (Phi) is 5.21. The normalized spacial score (nSPS) is 17.3. The maximum atomic E-state index is 12.1. The molecule has 0 heterocycles. The van der Waals surface area contributed by atoms with Crippen LogP contribution in [-0.4, -0.2) is 42.8 Å². The summed E-state index contributed by atoms with van der Waals surface area (Å²) in [4.78, 5) is 0. The second-order valence-corrected chi connectivity index (χ2v) is 6.89. The molecule has 1 aliphatic carbocycles. The first kappa shape index (κ1) is 13.9. The van der Waals surface area contributed by atoms with Gasteiger partial charge in [-0.25, -0.2) is 8.42 Å². The van der Waals surface area contributed by atoms with Gasteiger partial charge in [0.25, 0.3) is 0 Å². The molecule has 0 unspecified atom stereocenters. The Labute approximate surface area is 98.7 Å². The van der Waals surface area contributed by atoms with Crippen molar-refractivity contribution >= 4 is 10.0 Å². The van der Waals surface area contributed by atoms with Gasteiger partial charge < -0.3 is 5.11 Å². The molecule has 1 aliphatic rings. The molecule has 0 saturated heterocycles. The summed E-state index contributed by atoms with van der Waals surface area (Å²) in [6.45, 7) is 4.59. The van der Waals surface area contributed by atoms with Crippen LogP contribution in [-0.2, 0) is 10.0 Å². The van der Waals surface area contributed by atoms with Gasteiger partial charge >= 0.3 is 0 Å². The van der Waals surface area contributed by atoms with Crippen LogP contribution in [0.25, 0.3) is 0 Å². The third kappa shape index (κ3) is 4.39. The minimum absolute atomic E-state index is 0.0414. The summed E-state index contributed by atoms with van der Waals surface area (Å²) in [7, 11) is -3.13. The minimum atomic E-state index is -3.13. The van der Waals surface area contributed by atoms with Gasteiger partial charge in [-0.3, -0.25) is 0 Å². The number of nitrogens with zero attached hydrogens (tertiary/aromatic N) is 1. The Morgan fingerprint density at radius 3 is 2.38 bits per heavy atom. The molecule has 96 valence electrons. The molecule has 1 fully saturated rings. The smallest absolute Gasteiger partial charge is 0.214 e. The average Bonchev–Trinajstić information content (AvgIpc) is 2.97. The zero-order valence-electron chi connectivity index (χ0n) is 10.2. The van der Waals surface area contributed by atoms with E-state index in [1.807, 2.05) is 13.8 Å². The number of hydrogen-bond acceptors (Lipinski definition) is 3. The highest BCUT2D eigenvalue weighted by Gasteiger charge is 2.31. The van der Waals surface area contributed by atoms with Crippen LogP contribution in [0.5, 0.6) is 0 Å². The van der Waals surface area contributed by atoms with Crippen LogP contribution >= 0.6 is 0 Å². The zero-order chi connectivity index (χ0) is 12.2. The fourth-order valence-electron chi connectivity index (χ4n) is 1.71. The number of aliphatic hydroxyl groups excluding tert-OH is 1. The van der Waals surface area contributed by atoms with Crippen LogP contribution in [0.1, 0.15) is 39.5 Å². The third-order valence-corrected chi connectivity index (χ3v) is 4.97. The molecule has 0 bridgehead atoms. The van der Waals surface area contributed by atoms with Crippen molar-refractivity contribution in [2.75, 3.05) is 18.9 Å². The van der Waals surface area contributed by atoms with E-state index in [2.05, 4.69) is 0 Å². The van der Waals surface area contributed by atoms with E-state index >= 15 is 0 Å². The van der Waals surface area contributed by atoms with Crippen molar-refractivity contribution in [2.45, 2.75) is 45.6 Å². The van der Waals surface area contributed by atoms with Gasteiger partial charge in [0.05, 0.1) is 5.75 Å². The first-order valence-electron chi connectivity index (χ1n) is 6.07. The first-order valence-corrected chi connectivity index (χ1v) is 7.68. The number of rotatable bonds is 8. The number of aliphatic hydroxyl groups is 1. The molecule has 0 radical (unpaired) electrons. The number of hydrogen-bond donors (Lipinski definition) is 1. The molecule has 1 N–H and O–H groups in total. The van der Waals surface area contributed by atoms with E-state index in [4.69, 9.17) is 5.11 Å². The van der Waals surface area contributed by atoms with Crippen LogP contribution < -0.4 is 0 Å². The van der Waals surface area contributed by atoms with Gasteiger partial charge in [-0.1, -0.05) is 0 Å². The van der Waals surface area contributed by atoms with E-state index in [9.17, 15) is 8.42 Å². The highest BCUT2D eigenvalue weighted by Crippen LogP contribution is 2.31. The Morgan fingerprint density at radius 2 is 1.94 bits per heavy atom. The van der Waals surface area contributed by atoms with Crippen molar-refractivity contribution in [1.29, 1.82) is 0 Å². The van der Waals surface area contributed by atoms with Crippen molar-refractivity contribution in [2.24, 2.45) is 5.92 Å². The Morgan fingerprint density at radius 1 is 1.31 bits per heavy atom.